The molecule has 1 aromatic carbocycles. The van der Waals surface area contributed by atoms with Crippen LogP contribution >= 0.6 is 0 Å². The van der Waals surface area contributed by atoms with E-state index in [1.165, 1.54) is 6.92 Å². The Morgan fingerprint density at radius 1 is 1.14 bits per heavy atom. The van der Waals surface area contributed by atoms with Gasteiger partial charge in [0.2, 0.25) is 11.8 Å². The molecule has 7 nitrogen and oxygen atoms in total. The van der Waals surface area contributed by atoms with Crippen LogP contribution < -0.4 is 5.32 Å². The van der Waals surface area contributed by atoms with E-state index < -0.39 is 0 Å². The van der Waals surface area contributed by atoms with Crippen molar-refractivity contribution >= 4 is 23.4 Å². The molecule has 0 saturated carbocycles. The summed E-state index contributed by atoms with van der Waals surface area (Å²) in [5.74, 6) is 0.854. The normalized spacial score (nSPS) is 20.5. The summed E-state index contributed by atoms with van der Waals surface area (Å²) in [7, 11) is 1.67. The van der Waals surface area contributed by atoms with E-state index in [1.807, 2.05) is 9.80 Å². The van der Waals surface area contributed by atoms with Crippen LogP contribution in [0.25, 0.3) is 0 Å². The second-order valence-electron chi connectivity index (χ2n) is 7.82. The lowest BCUT2D eigenvalue weighted by molar-refractivity contribution is -0.128. The molecule has 28 heavy (non-hydrogen) atoms. The molecule has 2 aliphatic heterocycles. The second kappa shape index (κ2) is 9.19. The van der Waals surface area contributed by atoms with Crippen molar-refractivity contribution in [1.29, 1.82) is 0 Å². The Labute approximate surface area is 166 Å². The van der Waals surface area contributed by atoms with Gasteiger partial charge in [-0.1, -0.05) is 0 Å². The van der Waals surface area contributed by atoms with E-state index in [9.17, 15) is 14.4 Å². The number of ether oxygens (including phenoxy) is 1. The third-order valence-electron chi connectivity index (χ3n) is 5.53. The van der Waals surface area contributed by atoms with E-state index in [1.54, 1.807) is 31.4 Å². The maximum absolute atomic E-state index is 12.7. The number of methoxy groups -OCH3 is 1. The van der Waals surface area contributed by atoms with Crippen LogP contribution in [0.5, 0.6) is 0 Å². The molecule has 7 heteroatoms. The van der Waals surface area contributed by atoms with E-state index >= 15 is 0 Å². The molecule has 1 N–H and O–H groups in total. The van der Waals surface area contributed by atoms with Crippen LogP contribution in [0.15, 0.2) is 24.3 Å². The van der Waals surface area contributed by atoms with Gasteiger partial charge >= 0.3 is 0 Å². The highest BCUT2D eigenvalue weighted by atomic mass is 16.5. The van der Waals surface area contributed by atoms with Gasteiger partial charge in [0.25, 0.3) is 5.91 Å². The van der Waals surface area contributed by atoms with E-state index in [2.05, 4.69) is 5.32 Å². The van der Waals surface area contributed by atoms with Crippen molar-refractivity contribution in [3.63, 3.8) is 0 Å². The largest absolute Gasteiger partial charge is 0.384 e. The zero-order chi connectivity index (χ0) is 20.1. The van der Waals surface area contributed by atoms with Gasteiger partial charge in [-0.15, -0.1) is 0 Å². The van der Waals surface area contributed by atoms with Gasteiger partial charge in [-0.05, 0) is 43.0 Å². The summed E-state index contributed by atoms with van der Waals surface area (Å²) < 4.78 is 5.18. The Morgan fingerprint density at radius 2 is 1.82 bits per heavy atom. The van der Waals surface area contributed by atoms with Crippen LogP contribution in [0, 0.1) is 11.8 Å². The molecular formula is C21H29N3O4. The summed E-state index contributed by atoms with van der Waals surface area (Å²) in [5.41, 5.74) is 1.31. The van der Waals surface area contributed by atoms with Crippen LogP contribution in [-0.2, 0) is 14.3 Å². The first-order valence-corrected chi connectivity index (χ1v) is 9.90. The van der Waals surface area contributed by atoms with Gasteiger partial charge in [0.15, 0.2) is 0 Å². The monoisotopic (exact) mass is 387 g/mol. The van der Waals surface area contributed by atoms with Crippen molar-refractivity contribution in [2.24, 2.45) is 11.8 Å². The molecule has 0 bridgehead atoms. The molecule has 2 aliphatic rings. The zero-order valence-corrected chi connectivity index (χ0v) is 16.6. The Morgan fingerprint density at radius 3 is 2.43 bits per heavy atom. The number of nitrogens with zero attached hydrogens (tertiary/aromatic N) is 2. The fraction of sp³-hybridized carbons (Fsp3) is 0.571. The first-order chi connectivity index (χ1) is 13.5. The molecule has 1 aromatic rings. The quantitative estimate of drug-likeness (QED) is 0.810. The lowest BCUT2D eigenvalue weighted by Crippen LogP contribution is -2.42. The van der Waals surface area contributed by atoms with Crippen molar-refractivity contribution in [2.75, 3.05) is 45.2 Å². The number of amides is 3. The lowest BCUT2D eigenvalue weighted by atomic mass is 9.95. The van der Waals surface area contributed by atoms with E-state index in [-0.39, 0.29) is 17.7 Å². The number of hydrogen-bond donors (Lipinski definition) is 1. The van der Waals surface area contributed by atoms with Gasteiger partial charge in [0, 0.05) is 63.8 Å². The maximum Gasteiger partial charge on any atom is 0.253 e. The van der Waals surface area contributed by atoms with Gasteiger partial charge in [0.05, 0.1) is 6.61 Å². The number of benzene rings is 1. The SMILES string of the molecule is COCC1CC(=O)N(CC2CCN(C(=O)c3ccc(NC(C)=O)cc3)CC2)C1. The Balaban J connectivity index is 1.47. The minimum Gasteiger partial charge on any atom is -0.384 e. The molecule has 1 unspecified atom stereocenters. The van der Waals surface area contributed by atoms with Crippen molar-refractivity contribution in [3.8, 4) is 0 Å². The van der Waals surface area contributed by atoms with Gasteiger partial charge < -0.3 is 19.9 Å². The summed E-state index contributed by atoms with van der Waals surface area (Å²) >= 11 is 0. The van der Waals surface area contributed by atoms with E-state index in [0.717, 1.165) is 25.9 Å². The molecule has 3 amide bonds. The van der Waals surface area contributed by atoms with Gasteiger partial charge in [-0.2, -0.15) is 0 Å². The van der Waals surface area contributed by atoms with Crippen molar-refractivity contribution in [1.82, 2.24) is 9.80 Å². The average molecular weight is 387 g/mol. The number of carbonyl (C=O) groups is 3. The van der Waals surface area contributed by atoms with Crippen molar-refractivity contribution in [2.45, 2.75) is 26.2 Å². The second-order valence-corrected chi connectivity index (χ2v) is 7.82. The minimum absolute atomic E-state index is 0.0187. The molecule has 0 aliphatic carbocycles. The average Bonchev–Trinajstić information content (AvgIpc) is 3.01. The molecular weight excluding hydrogens is 358 g/mol. The molecule has 3 rings (SSSR count). The third kappa shape index (κ3) is 5.10. The number of carbonyl (C=O) groups excluding carboxylic acids is 3. The topological polar surface area (TPSA) is 79.0 Å². The predicted octanol–water partition coefficient (Wildman–Crippen LogP) is 1.99. The molecule has 0 radical (unpaired) electrons. The standard InChI is InChI=1S/C21H29N3O4/c1-15(25)22-19-5-3-18(4-6-19)21(27)23-9-7-16(8-10-23)12-24-13-17(14-28-2)11-20(24)26/h3-6,16-17H,7-14H2,1-2H3,(H,22,25). The van der Waals surface area contributed by atoms with Gasteiger partial charge in [0.1, 0.15) is 0 Å². The number of likely N-dealkylation sites (tertiary alicyclic amines) is 2. The predicted molar refractivity (Wildman–Crippen MR) is 106 cm³/mol. The Hall–Kier alpha value is -2.41. The minimum atomic E-state index is -0.133. The van der Waals surface area contributed by atoms with Gasteiger partial charge in [-0.25, -0.2) is 0 Å². The number of rotatable bonds is 6. The summed E-state index contributed by atoms with van der Waals surface area (Å²) in [6.45, 7) is 5.08. The summed E-state index contributed by atoms with van der Waals surface area (Å²) in [6, 6.07) is 6.99. The zero-order valence-electron chi connectivity index (χ0n) is 16.6. The first kappa shape index (κ1) is 20.3. The summed E-state index contributed by atoms with van der Waals surface area (Å²) in [6.07, 6.45) is 2.41. The van der Waals surface area contributed by atoms with Crippen LogP contribution in [0.3, 0.4) is 0 Å². The molecule has 0 aromatic heterocycles. The number of hydrogen-bond acceptors (Lipinski definition) is 4. The van der Waals surface area contributed by atoms with Crippen LogP contribution in [0.4, 0.5) is 5.69 Å². The molecule has 1 atom stereocenters. The van der Waals surface area contributed by atoms with Crippen LogP contribution in [0.1, 0.15) is 36.5 Å². The van der Waals surface area contributed by atoms with E-state index in [0.29, 0.717) is 49.2 Å². The van der Waals surface area contributed by atoms with E-state index in [4.69, 9.17) is 4.74 Å². The maximum atomic E-state index is 12.7. The third-order valence-corrected chi connectivity index (χ3v) is 5.53. The van der Waals surface area contributed by atoms with Gasteiger partial charge in [-0.3, -0.25) is 14.4 Å². The molecule has 0 spiro atoms. The number of nitrogens with one attached hydrogen (secondary N) is 1. The summed E-state index contributed by atoms with van der Waals surface area (Å²) in [5, 5.41) is 2.70. The first-order valence-electron chi connectivity index (χ1n) is 9.90. The lowest BCUT2D eigenvalue weighted by Gasteiger charge is -2.34. The number of piperidine rings is 1. The van der Waals surface area contributed by atoms with Crippen molar-refractivity contribution < 1.29 is 19.1 Å². The van der Waals surface area contributed by atoms with Crippen LogP contribution in [-0.4, -0.2) is 67.4 Å². The smallest absolute Gasteiger partial charge is 0.253 e. The highest BCUT2D eigenvalue weighted by molar-refractivity contribution is 5.95. The molecule has 2 saturated heterocycles. The highest BCUT2D eigenvalue weighted by Gasteiger charge is 2.32. The summed E-state index contributed by atoms with van der Waals surface area (Å²) in [4.78, 5) is 39.8. The Bertz CT molecular complexity index is 711. The van der Waals surface area contributed by atoms with Crippen LogP contribution in [0.2, 0.25) is 0 Å². The molecule has 2 fully saturated rings. The fourth-order valence-corrected chi connectivity index (χ4v) is 4.09. The Kier molecular flexibility index (Phi) is 6.67. The van der Waals surface area contributed by atoms with Crippen molar-refractivity contribution in [3.05, 3.63) is 29.8 Å². The molecule has 2 heterocycles. The highest BCUT2D eigenvalue weighted by Crippen LogP contribution is 2.25. The number of anilines is 1. The molecule has 152 valence electrons. The fourth-order valence-electron chi connectivity index (χ4n) is 4.09.